The average molecular weight is 628 g/mol. The van der Waals surface area contributed by atoms with Crippen LogP contribution in [0.3, 0.4) is 0 Å². The molecule has 1 heterocycles. The Kier molecular flexibility index (Phi) is 7.88. The Balaban J connectivity index is 1.10. The van der Waals surface area contributed by atoms with Gasteiger partial charge in [0.05, 0.1) is 12.1 Å². The molecule has 8 rings (SSSR count). The zero-order valence-corrected chi connectivity index (χ0v) is 28.7. The van der Waals surface area contributed by atoms with Crippen LogP contribution in [0.25, 0.3) is 38.6 Å². The molecule has 0 fully saturated rings. The molecule has 240 valence electrons. The van der Waals surface area contributed by atoms with Gasteiger partial charge < -0.3 is 9.32 Å². The summed E-state index contributed by atoms with van der Waals surface area (Å²) in [4.78, 5) is 2.74. The molecule has 0 radical (unpaired) electrons. The highest BCUT2D eigenvalue weighted by Crippen LogP contribution is 2.52. The van der Waals surface area contributed by atoms with E-state index in [2.05, 4.69) is 142 Å². The van der Waals surface area contributed by atoms with Gasteiger partial charge in [-0.15, -0.1) is 0 Å². The fourth-order valence-corrected chi connectivity index (χ4v) is 8.40. The lowest BCUT2D eigenvalue weighted by Gasteiger charge is -2.42. The van der Waals surface area contributed by atoms with Crippen LogP contribution in [0.5, 0.6) is 0 Å². The summed E-state index contributed by atoms with van der Waals surface area (Å²) in [6.07, 6.45) is 30.2. The van der Waals surface area contributed by atoms with Crippen molar-refractivity contribution in [2.45, 2.75) is 83.7 Å². The third-order valence-electron chi connectivity index (χ3n) is 11.1. The van der Waals surface area contributed by atoms with Crippen LogP contribution < -0.4 is 0 Å². The standard InChI is InChI=1S/C46H45NO/c1-5-6-8-13-31(2)32-18-22-36(23-19-32)47(35-14-9-7-10-15-35)37-24-26-39-38-25-20-34(29-42(38)46(3,4)43(39)30-37)33-21-27-45-41(28-33)40-16-11-12-17-44(40)48-45/h6-12,14,16-20,22,25,28-31,35-36H,5,13,15,23-24,26H2,1-4H3/b8-6-/t31-,35-,36-/m0/s1. The van der Waals surface area contributed by atoms with E-state index < -0.39 is 0 Å². The summed E-state index contributed by atoms with van der Waals surface area (Å²) in [5, 5.41) is 2.22. The minimum absolute atomic E-state index is 0.0899. The molecular weight excluding hydrogens is 583 g/mol. The Labute approximate surface area is 286 Å². The monoisotopic (exact) mass is 627 g/mol. The van der Waals surface area contributed by atoms with E-state index in [9.17, 15) is 0 Å². The highest BCUT2D eigenvalue weighted by atomic mass is 16.3. The highest BCUT2D eigenvalue weighted by molar-refractivity contribution is 6.05. The molecule has 48 heavy (non-hydrogen) atoms. The molecule has 0 unspecified atom stereocenters. The lowest BCUT2D eigenvalue weighted by molar-refractivity contribution is 0.235. The summed E-state index contributed by atoms with van der Waals surface area (Å²) in [5.74, 6) is 0.552. The second-order valence-corrected chi connectivity index (χ2v) is 14.5. The van der Waals surface area contributed by atoms with Gasteiger partial charge in [0.1, 0.15) is 5.58 Å². The van der Waals surface area contributed by atoms with Gasteiger partial charge in [-0.2, -0.15) is 0 Å². The normalized spacial score (nSPS) is 21.8. The van der Waals surface area contributed by atoms with Crippen molar-refractivity contribution in [1.82, 2.24) is 4.90 Å². The number of para-hydroxylation sites is 1. The molecule has 0 saturated heterocycles. The predicted molar refractivity (Wildman–Crippen MR) is 201 cm³/mol. The van der Waals surface area contributed by atoms with Crippen LogP contribution in [0.15, 0.2) is 131 Å². The second kappa shape index (κ2) is 12.4. The van der Waals surface area contributed by atoms with Crippen molar-refractivity contribution >= 4 is 27.5 Å². The fourth-order valence-electron chi connectivity index (χ4n) is 8.40. The maximum Gasteiger partial charge on any atom is 0.185 e. The van der Waals surface area contributed by atoms with E-state index >= 15 is 0 Å². The molecular formula is C46H45NO. The second-order valence-electron chi connectivity index (χ2n) is 14.5. The average Bonchev–Trinajstić information content (AvgIpc) is 3.60. The molecule has 0 saturated carbocycles. The van der Waals surface area contributed by atoms with Crippen molar-refractivity contribution in [3.05, 3.63) is 149 Å². The first-order valence-corrected chi connectivity index (χ1v) is 17.9. The van der Waals surface area contributed by atoms with E-state index in [1.165, 1.54) is 39.1 Å². The van der Waals surface area contributed by atoms with Crippen molar-refractivity contribution in [2.75, 3.05) is 0 Å². The van der Waals surface area contributed by atoms with Crippen molar-refractivity contribution in [3.8, 4) is 11.1 Å². The molecule has 4 aliphatic carbocycles. The first-order valence-electron chi connectivity index (χ1n) is 17.9. The Bertz CT molecular complexity index is 2100. The van der Waals surface area contributed by atoms with Gasteiger partial charge in [0.15, 0.2) is 5.58 Å². The first-order chi connectivity index (χ1) is 23.4. The van der Waals surface area contributed by atoms with Crippen molar-refractivity contribution in [3.63, 3.8) is 0 Å². The highest BCUT2D eigenvalue weighted by Gasteiger charge is 2.40. The van der Waals surface area contributed by atoms with Crippen molar-refractivity contribution in [1.29, 1.82) is 0 Å². The van der Waals surface area contributed by atoms with E-state index in [0.29, 0.717) is 18.0 Å². The van der Waals surface area contributed by atoms with Gasteiger partial charge in [-0.1, -0.05) is 119 Å². The van der Waals surface area contributed by atoms with Crippen molar-refractivity contribution < 1.29 is 4.42 Å². The summed E-state index contributed by atoms with van der Waals surface area (Å²) in [6, 6.07) is 24.9. The summed E-state index contributed by atoms with van der Waals surface area (Å²) < 4.78 is 6.04. The van der Waals surface area contributed by atoms with Crippen LogP contribution in [-0.4, -0.2) is 17.0 Å². The SMILES string of the molecule is CC/C=C\C[C@H](C)C1=CC[C@@H](N(C2=CC3=C(CC2)c2ccc(-c4c#cc5oc6ccccc6c5c4)cc2C3(C)C)[C@H]2C=CC=CC2)C=C1. The minimum Gasteiger partial charge on any atom is -0.447 e. The minimum atomic E-state index is -0.0899. The van der Waals surface area contributed by atoms with E-state index in [-0.39, 0.29) is 5.41 Å². The summed E-state index contributed by atoms with van der Waals surface area (Å²) in [6.45, 7) is 9.40. The van der Waals surface area contributed by atoms with E-state index in [4.69, 9.17) is 4.42 Å². The van der Waals surface area contributed by atoms with Crippen LogP contribution in [-0.2, 0) is 5.41 Å². The van der Waals surface area contributed by atoms with Crippen LogP contribution in [0.1, 0.15) is 77.3 Å². The number of benzene rings is 2. The zero-order chi connectivity index (χ0) is 32.8. The van der Waals surface area contributed by atoms with Crippen LogP contribution in [0, 0.1) is 18.1 Å². The third-order valence-corrected chi connectivity index (χ3v) is 11.1. The largest absolute Gasteiger partial charge is 0.447 e. The topological polar surface area (TPSA) is 16.4 Å². The molecule has 0 spiro atoms. The molecule has 1 aromatic heterocycles. The number of rotatable bonds is 8. The predicted octanol–water partition coefficient (Wildman–Crippen LogP) is 12.0. The van der Waals surface area contributed by atoms with Gasteiger partial charge in [0.2, 0.25) is 0 Å². The Morgan fingerprint density at radius 3 is 2.65 bits per heavy atom. The van der Waals surface area contributed by atoms with Gasteiger partial charge in [-0.25, -0.2) is 0 Å². The number of nitrogens with zero attached hydrogens (tertiary/aromatic N) is 1. The molecule has 0 N–H and O–H groups in total. The van der Waals surface area contributed by atoms with Gasteiger partial charge in [0, 0.05) is 27.4 Å². The van der Waals surface area contributed by atoms with Crippen LogP contribution >= 0.6 is 0 Å². The van der Waals surface area contributed by atoms with Crippen LogP contribution in [0.4, 0.5) is 0 Å². The number of hydrogen-bond donors (Lipinski definition) is 0. The number of fused-ring (bicyclic) bond motifs is 5. The Morgan fingerprint density at radius 1 is 0.958 bits per heavy atom. The molecule has 3 atom stereocenters. The number of hydrogen-bond acceptors (Lipinski definition) is 2. The third kappa shape index (κ3) is 5.31. The number of furan rings is 1. The lowest BCUT2D eigenvalue weighted by atomic mass is 9.78. The molecule has 0 amide bonds. The molecule has 4 aromatic rings. The number of allylic oxidation sites excluding steroid dienone is 10. The maximum atomic E-state index is 6.04. The van der Waals surface area contributed by atoms with E-state index in [0.717, 1.165) is 66.0 Å². The van der Waals surface area contributed by atoms with Gasteiger partial charge in [-0.3, -0.25) is 0 Å². The van der Waals surface area contributed by atoms with Gasteiger partial charge >= 0.3 is 0 Å². The molecule has 3 aromatic carbocycles. The van der Waals surface area contributed by atoms with Crippen LogP contribution in [0.2, 0.25) is 0 Å². The summed E-state index contributed by atoms with van der Waals surface area (Å²) in [5.41, 5.74) is 12.6. The smallest absolute Gasteiger partial charge is 0.185 e. The lowest BCUT2D eigenvalue weighted by Crippen LogP contribution is -2.42. The molecule has 0 bridgehead atoms. The molecule has 4 aliphatic rings. The van der Waals surface area contributed by atoms with E-state index in [1.807, 2.05) is 12.1 Å². The summed E-state index contributed by atoms with van der Waals surface area (Å²) >= 11 is 0. The molecule has 2 nitrogen and oxygen atoms in total. The van der Waals surface area contributed by atoms with E-state index in [1.54, 1.807) is 0 Å². The zero-order valence-electron chi connectivity index (χ0n) is 28.7. The molecule has 0 aliphatic heterocycles. The molecule has 2 heteroatoms. The maximum absolute atomic E-state index is 6.04. The van der Waals surface area contributed by atoms with Gasteiger partial charge in [-0.05, 0) is 108 Å². The van der Waals surface area contributed by atoms with Crippen molar-refractivity contribution in [2.24, 2.45) is 5.92 Å². The summed E-state index contributed by atoms with van der Waals surface area (Å²) in [7, 11) is 0. The Morgan fingerprint density at radius 2 is 1.83 bits per heavy atom. The first kappa shape index (κ1) is 30.6. The quantitative estimate of drug-likeness (QED) is 0.181. The Hall–Kier alpha value is -4.74. The fraction of sp³-hybridized carbons (Fsp3) is 0.304. The van der Waals surface area contributed by atoms with Gasteiger partial charge in [0.25, 0.3) is 0 Å².